The molecule has 0 atom stereocenters. The van der Waals surface area contributed by atoms with Gasteiger partial charge in [0.1, 0.15) is 17.2 Å². The number of carbonyl (C=O) groups excluding carboxylic acids is 1. The Balaban J connectivity index is 1.83. The minimum absolute atomic E-state index is 0.0714. The van der Waals surface area contributed by atoms with E-state index in [2.05, 4.69) is 30.9 Å². The molecule has 0 unspecified atom stereocenters. The van der Waals surface area contributed by atoms with Crippen molar-refractivity contribution in [3.05, 3.63) is 59.9 Å². The van der Waals surface area contributed by atoms with Crippen molar-refractivity contribution < 1.29 is 26.4 Å². The predicted octanol–water partition coefficient (Wildman–Crippen LogP) is 4.63. The number of carbonyl (C=O) groups is 1. The molecule has 14 heteroatoms. The van der Waals surface area contributed by atoms with Gasteiger partial charge >= 0.3 is 6.18 Å². The maximum Gasteiger partial charge on any atom is 0.421 e. The summed E-state index contributed by atoms with van der Waals surface area (Å²) in [6, 6.07) is 9.60. The summed E-state index contributed by atoms with van der Waals surface area (Å²) in [6.07, 6.45) is -1.71. The lowest BCUT2D eigenvalue weighted by Gasteiger charge is -2.20. The first-order valence-electron chi connectivity index (χ1n) is 11.3. The number of sulfonamides is 1. The van der Waals surface area contributed by atoms with Crippen molar-refractivity contribution in [1.82, 2.24) is 15.0 Å². The summed E-state index contributed by atoms with van der Waals surface area (Å²) in [4.78, 5) is 24.0. The molecular formula is C24H28F3N7O3S. The molecule has 0 saturated carbocycles. The fourth-order valence-electron chi connectivity index (χ4n) is 3.06. The Morgan fingerprint density at radius 3 is 2.24 bits per heavy atom. The largest absolute Gasteiger partial charge is 0.421 e. The van der Waals surface area contributed by atoms with Crippen LogP contribution in [0.5, 0.6) is 0 Å². The molecule has 0 saturated heterocycles. The van der Waals surface area contributed by atoms with Crippen molar-refractivity contribution in [3.63, 3.8) is 0 Å². The van der Waals surface area contributed by atoms with E-state index in [1.165, 1.54) is 13.2 Å². The predicted molar refractivity (Wildman–Crippen MR) is 140 cm³/mol. The second kappa shape index (κ2) is 10.8. The Hall–Kier alpha value is -3.94. The number of benzene rings is 1. The van der Waals surface area contributed by atoms with Crippen molar-refractivity contribution in [2.75, 3.05) is 33.6 Å². The van der Waals surface area contributed by atoms with Crippen LogP contribution in [-0.2, 0) is 27.5 Å². The number of rotatable bonds is 8. The Morgan fingerprint density at radius 2 is 1.66 bits per heavy atom. The van der Waals surface area contributed by atoms with Crippen LogP contribution in [0.2, 0.25) is 0 Å². The molecule has 2 heterocycles. The fourth-order valence-corrected chi connectivity index (χ4v) is 3.54. The first-order chi connectivity index (χ1) is 17.6. The van der Waals surface area contributed by atoms with Crippen LogP contribution in [0.1, 0.15) is 31.9 Å². The van der Waals surface area contributed by atoms with Crippen molar-refractivity contribution >= 4 is 44.9 Å². The number of nitrogens with one attached hydrogen (secondary N) is 3. The summed E-state index contributed by atoms with van der Waals surface area (Å²) in [5, 5.41) is 8.25. The van der Waals surface area contributed by atoms with E-state index in [4.69, 9.17) is 0 Å². The van der Waals surface area contributed by atoms with Crippen LogP contribution in [0, 0.1) is 5.41 Å². The third-order valence-corrected chi connectivity index (χ3v) is 6.45. The number of hydrogen-bond acceptors (Lipinski definition) is 8. The van der Waals surface area contributed by atoms with E-state index >= 15 is 0 Å². The van der Waals surface area contributed by atoms with Gasteiger partial charge in [-0.3, -0.25) is 9.10 Å². The monoisotopic (exact) mass is 551 g/mol. The second-order valence-electron chi connectivity index (χ2n) is 9.43. The van der Waals surface area contributed by atoms with Crippen molar-refractivity contribution in [3.8, 4) is 0 Å². The smallest absolute Gasteiger partial charge is 0.365 e. The summed E-state index contributed by atoms with van der Waals surface area (Å²) in [5.74, 6) is -0.700. The normalized spacial score (nSPS) is 12.1. The van der Waals surface area contributed by atoms with E-state index in [0.717, 1.165) is 10.6 Å². The van der Waals surface area contributed by atoms with Gasteiger partial charge in [-0.15, -0.1) is 0 Å². The van der Waals surface area contributed by atoms with Gasteiger partial charge in [0, 0.05) is 48.3 Å². The first-order valence-corrected chi connectivity index (χ1v) is 13.1. The van der Waals surface area contributed by atoms with Crippen molar-refractivity contribution in [2.24, 2.45) is 5.41 Å². The Kier molecular flexibility index (Phi) is 8.15. The van der Waals surface area contributed by atoms with Crippen molar-refractivity contribution in [1.29, 1.82) is 0 Å². The van der Waals surface area contributed by atoms with Crippen LogP contribution in [0.3, 0.4) is 0 Å². The van der Waals surface area contributed by atoms with Crippen LogP contribution in [-0.4, -0.2) is 42.6 Å². The maximum absolute atomic E-state index is 13.7. The molecule has 0 spiro atoms. The minimum Gasteiger partial charge on any atom is -0.365 e. The molecule has 0 radical (unpaired) electrons. The van der Waals surface area contributed by atoms with Crippen LogP contribution < -0.4 is 20.3 Å². The number of hydrogen-bond donors (Lipinski definition) is 3. The lowest BCUT2D eigenvalue weighted by molar-refractivity contribution is -0.137. The molecule has 0 aliphatic heterocycles. The quantitative estimate of drug-likeness (QED) is 0.370. The molecular weight excluding hydrogens is 523 g/mol. The summed E-state index contributed by atoms with van der Waals surface area (Å²) < 4.78 is 65.8. The van der Waals surface area contributed by atoms with Gasteiger partial charge in [0.2, 0.25) is 21.9 Å². The van der Waals surface area contributed by atoms with E-state index in [1.807, 2.05) is 0 Å². The summed E-state index contributed by atoms with van der Waals surface area (Å²) in [6.45, 7) is 5.16. The van der Waals surface area contributed by atoms with Crippen molar-refractivity contribution in [2.45, 2.75) is 33.5 Å². The van der Waals surface area contributed by atoms with Crippen LogP contribution >= 0.6 is 0 Å². The first kappa shape index (κ1) is 28.6. The van der Waals surface area contributed by atoms with Crippen LogP contribution in [0.25, 0.3) is 0 Å². The second-order valence-corrected chi connectivity index (χ2v) is 11.4. The maximum atomic E-state index is 13.7. The number of halogens is 3. The third kappa shape index (κ3) is 7.31. The zero-order valence-corrected chi connectivity index (χ0v) is 22.2. The number of nitrogens with zero attached hydrogens (tertiary/aromatic N) is 4. The number of amides is 1. The van der Waals surface area contributed by atoms with Gasteiger partial charge in [0.05, 0.1) is 6.26 Å². The zero-order valence-electron chi connectivity index (χ0n) is 21.4. The molecule has 2 aromatic heterocycles. The van der Waals surface area contributed by atoms with E-state index < -0.39 is 33.0 Å². The summed E-state index contributed by atoms with van der Waals surface area (Å²) >= 11 is 0. The Bertz CT molecular complexity index is 1410. The number of alkyl halides is 3. The van der Waals surface area contributed by atoms with Gasteiger partial charge in [-0.25, -0.2) is 18.4 Å². The van der Waals surface area contributed by atoms with Gasteiger partial charge < -0.3 is 16.0 Å². The average Bonchev–Trinajstić information content (AvgIpc) is 2.82. The number of anilines is 5. The average molecular weight is 552 g/mol. The standard InChI is InChI=1S/C24H28F3N7O3S/c1-23(2,3)21(35)31-16-8-10-17(11-9-16)32-22-30-14-18(24(25,26)27)19(33-22)29-13-15-7-6-12-28-20(15)34(4)38(5,36)37/h6-12,14H,13H2,1-5H3,(H,31,35)(H2,29,30,32,33). The molecule has 1 amide bonds. The SMILES string of the molecule is CN(c1ncccc1CNc1nc(Nc2ccc(NC(=O)C(C)(C)C)cc2)ncc1C(F)(F)F)S(C)(=O)=O. The molecule has 1 aromatic carbocycles. The number of pyridine rings is 1. The molecule has 10 nitrogen and oxygen atoms in total. The van der Waals surface area contributed by atoms with Gasteiger partial charge in [0.15, 0.2) is 0 Å². The lowest BCUT2D eigenvalue weighted by atomic mass is 9.95. The van der Waals surface area contributed by atoms with Gasteiger partial charge in [-0.05, 0) is 30.3 Å². The van der Waals surface area contributed by atoms with Gasteiger partial charge in [-0.2, -0.15) is 18.2 Å². The van der Waals surface area contributed by atoms with E-state index in [1.54, 1.807) is 57.2 Å². The molecule has 204 valence electrons. The van der Waals surface area contributed by atoms with Crippen LogP contribution in [0.4, 0.5) is 42.1 Å². The highest BCUT2D eigenvalue weighted by Crippen LogP contribution is 2.34. The Labute approximate surface area is 218 Å². The highest BCUT2D eigenvalue weighted by Gasteiger charge is 2.35. The highest BCUT2D eigenvalue weighted by molar-refractivity contribution is 7.92. The molecule has 0 aliphatic rings. The van der Waals surface area contributed by atoms with E-state index in [0.29, 0.717) is 23.1 Å². The minimum atomic E-state index is -4.74. The topological polar surface area (TPSA) is 129 Å². The molecule has 0 aliphatic carbocycles. The number of aromatic nitrogens is 3. The highest BCUT2D eigenvalue weighted by atomic mass is 32.2. The van der Waals surface area contributed by atoms with E-state index in [9.17, 15) is 26.4 Å². The zero-order chi connectivity index (χ0) is 28.3. The lowest BCUT2D eigenvalue weighted by Crippen LogP contribution is -2.27. The molecule has 3 aromatic rings. The molecule has 0 fully saturated rings. The Morgan fingerprint density at radius 1 is 1.03 bits per heavy atom. The summed E-state index contributed by atoms with van der Waals surface area (Å²) in [5.41, 5.74) is -0.295. The summed E-state index contributed by atoms with van der Waals surface area (Å²) in [7, 11) is -2.35. The van der Waals surface area contributed by atoms with E-state index in [-0.39, 0.29) is 24.2 Å². The van der Waals surface area contributed by atoms with Gasteiger partial charge in [-0.1, -0.05) is 26.8 Å². The van der Waals surface area contributed by atoms with Gasteiger partial charge in [0.25, 0.3) is 0 Å². The van der Waals surface area contributed by atoms with Crippen LogP contribution in [0.15, 0.2) is 48.8 Å². The third-order valence-electron chi connectivity index (χ3n) is 5.28. The fraction of sp³-hybridized carbons (Fsp3) is 0.333. The molecule has 0 bridgehead atoms. The molecule has 38 heavy (non-hydrogen) atoms. The molecule has 3 N–H and O–H groups in total. The molecule has 3 rings (SSSR count).